The minimum atomic E-state index is -0.293. The average molecular weight is 240 g/mol. The van der Waals surface area contributed by atoms with E-state index in [-0.39, 0.29) is 5.97 Å². The second-order valence-corrected chi connectivity index (χ2v) is 5.23. The van der Waals surface area contributed by atoms with Crippen LogP contribution < -0.4 is 0 Å². The molecule has 0 amide bonds. The van der Waals surface area contributed by atoms with E-state index in [9.17, 15) is 9.59 Å². The van der Waals surface area contributed by atoms with Crippen molar-refractivity contribution in [1.82, 2.24) is 0 Å². The van der Waals surface area contributed by atoms with Crippen molar-refractivity contribution in [2.24, 2.45) is 0 Å². The molecule has 0 aliphatic heterocycles. The summed E-state index contributed by atoms with van der Waals surface area (Å²) < 4.78 is 5.88. The lowest BCUT2D eigenvalue weighted by atomic mass is 10.3. The number of hydrogen-bond donors (Lipinski definition) is 0. The number of carbonyl (C=O) groups excluding carboxylic acids is 2. The van der Waals surface area contributed by atoms with E-state index < -0.39 is 0 Å². The summed E-state index contributed by atoms with van der Waals surface area (Å²) in [5.74, 6) is -0.293. The van der Waals surface area contributed by atoms with Crippen LogP contribution in [0.4, 0.5) is 0 Å². The molecule has 2 aromatic rings. The molecule has 3 nitrogen and oxygen atoms in total. The molecule has 2 heterocycles. The van der Waals surface area contributed by atoms with E-state index in [1.807, 2.05) is 0 Å². The maximum Gasteiger partial charge on any atom is 0.348 e. The van der Waals surface area contributed by atoms with E-state index in [2.05, 4.69) is 0 Å². The normalized spacial score (nSPS) is 10.5. The number of fused-ring (bicyclic) bond motifs is 1. The van der Waals surface area contributed by atoms with Crippen molar-refractivity contribution in [2.75, 3.05) is 6.61 Å². The first-order chi connectivity index (χ1) is 7.24. The zero-order valence-electron chi connectivity index (χ0n) is 7.98. The molecular weight excluding hydrogens is 232 g/mol. The number of esters is 1. The predicted octanol–water partition coefficient (Wildman–Crippen LogP) is 2.95. The Labute approximate surface area is 94.3 Å². The van der Waals surface area contributed by atoms with E-state index in [0.717, 1.165) is 15.7 Å². The van der Waals surface area contributed by atoms with Gasteiger partial charge in [0, 0.05) is 5.39 Å². The Hall–Kier alpha value is -1.20. The van der Waals surface area contributed by atoms with Crippen molar-refractivity contribution < 1.29 is 14.3 Å². The van der Waals surface area contributed by atoms with Crippen LogP contribution in [0.5, 0.6) is 0 Å². The number of rotatable bonds is 3. The van der Waals surface area contributed by atoms with Gasteiger partial charge in [0.15, 0.2) is 6.29 Å². The molecule has 2 aromatic heterocycles. The van der Waals surface area contributed by atoms with E-state index in [1.165, 1.54) is 22.7 Å². The Morgan fingerprint density at radius 2 is 2.27 bits per heavy atom. The molecule has 2 rings (SSSR count). The lowest BCUT2D eigenvalue weighted by molar-refractivity contribution is 0.0532. The molecule has 0 saturated carbocycles. The van der Waals surface area contributed by atoms with Gasteiger partial charge in [-0.3, -0.25) is 4.79 Å². The van der Waals surface area contributed by atoms with Crippen LogP contribution in [-0.4, -0.2) is 18.9 Å². The van der Waals surface area contributed by atoms with Gasteiger partial charge < -0.3 is 4.74 Å². The zero-order valence-corrected chi connectivity index (χ0v) is 9.61. The lowest BCUT2D eigenvalue weighted by Crippen LogP contribution is -2.01. The van der Waals surface area contributed by atoms with Gasteiger partial charge in [0.2, 0.25) is 0 Å². The molecule has 0 N–H and O–H groups in total. The van der Waals surface area contributed by atoms with Gasteiger partial charge in [0.1, 0.15) is 4.88 Å². The predicted molar refractivity (Wildman–Crippen MR) is 61.0 cm³/mol. The molecule has 0 spiro atoms. The largest absolute Gasteiger partial charge is 0.462 e. The van der Waals surface area contributed by atoms with Crippen LogP contribution in [0.2, 0.25) is 0 Å². The second kappa shape index (κ2) is 4.12. The first-order valence-corrected chi connectivity index (χ1v) is 6.03. The highest BCUT2D eigenvalue weighted by Gasteiger charge is 2.12. The van der Waals surface area contributed by atoms with Crippen LogP contribution in [0, 0.1) is 0 Å². The highest BCUT2D eigenvalue weighted by molar-refractivity contribution is 7.39. The molecule has 78 valence electrons. The van der Waals surface area contributed by atoms with Crippen LogP contribution in [0.25, 0.3) is 9.40 Å². The summed E-state index contributed by atoms with van der Waals surface area (Å²) >= 11 is 2.76. The van der Waals surface area contributed by atoms with Crippen LogP contribution in [0.3, 0.4) is 0 Å². The summed E-state index contributed by atoms with van der Waals surface area (Å²) in [7, 11) is 0. The van der Waals surface area contributed by atoms with Crippen LogP contribution in [0.15, 0.2) is 12.1 Å². The molecule has 15 heavy (non-hydrogen) atoms. The average Bonchev–Trinajstić information content (AvgIpc) is 2.74. The van der Waals surface area contributed by atoms with E-state index >= 15 is 0 Å². The first kappa shape index (κ1) is 10.3. The van der Waals surface area contributed by atoms with E-state index in [0.29, 0.717) is 16.4 Å². The van der Waals surface area contributed by atoms with E-state index in [4.69, 9.17) is 4.74 Å². The summed E-state index contributed by atoms with van der Waals surface area (Å²) in [5, 5.41) is 0.940. The Morgan fingerprint density at radius 3 is 2.87 bits per heavy atom. The molecule has 5 heteroatoms. The molecule has 0 unspecified atom stereocenters. The number of ether oxygens (including phenoxy) is 1. The SMILES string of the molecule is CCOC(=O)c1cc2cc(C=O)sc2s1. The van der Waals surface area contributed by atoms with Gasteiger partial charge in [-0.05, 0) is 19.1 Å². The summed E-state index contributed by atoms with van der Waals surface area (Å²) in [6, 6.07) is 3.55. The number of aldehydes is 1. The van der Waals surface area contributed by atoms with Gasteiger partial charge in [-0.2, -0.15) is 0 Å². The van der Waals surface area contributed by atoms with Gasteiger partial charge in [0.05, 0.1) is 15.5 Å². The fourth-order valence-electron chi connectivity index (χ4n) is 1.22. The zero-order chi connectivity index (χ0) is 10.8. The topological polar surface area (TPSA) is 43.4 Å². The summed E-state index contributed by atoms with van der Waals surface area (Å²) in [6.07, 6.45) is 0.821. The molecular formula is C10H8O3S2. The summed E-state index contributed by atoms with van der Waals surface area (Å²) in [4.78, 5) is 23.2. The van der Waals surface area contributed by atoms with Crippen molar-refractivity contribution in [3.63, 3.8) is 0 Å². The summed E-state index contributed by atoms with van der Waals surface area (Å²) in [6.45, 7) is 2.16. The molecule has 0 atom stereocenters. The maximum absolute atomic E-state index is 11.4. The standard InChI is InChI=1S/C10H8O3S2/c1-2-13-9(12)8-4-6-3-7(5-11)14-10(6)15-8/h3-5H,2H2,1H3. The first-order valence-electron chi connectivity index (χ1n) is 4.40. The van der Waals surface area contributed by atoms with Gasteiger partial charge >= 0.3 is 5.97 Å². The smallest absolute Gasteiger partial charge is 0.348 e. The monoisotopic (exact) mass is 240 g/mol. The third-order valence-electron chi connectivity index (χ3n) is 1.83. The third kappa shape index (κ3) is 1.93. The minimum absolute atomic E-state index is 0.293. The fourth-order valence-corrected chi connectivity index (χ4v) is 3.39. The van der Waals surface area contributed by atoms with Gasteiger partial charge in [-0.1, -0.05) is 0 Å². The summed E-state index contributed by atoms with van der Waals surface area (Å²) in [5.41, 5.74) is 0. The van der Waals surface area contributed by atoms with Crippen molar-refractivity contribution in [3.8, 4) is 0 Å². The minimum Gasteiger partial charge on any atom is -0.462 e. The number of thiophene rings is 2. The Morgan fingerprint density at radius 1 is 1.47 bits per heavy atom. The Kier molecular flexibility index (Phi) is 2.83. The highest BCUT2D eigenvalue weighted by atomic mass is 32.2. The van der Waals surface area contributed by atoms with Crippen molar-refractivity contribution in [3.05, 3.63) is 21.9 Å². The van der Waals surface area contributed by atoms with Crippen molar-refractivity contribution in [2.45, 2.75) is 6.92 Å². The highest BCUT2D eigenvalue weighted by Crippen LogP contribution is 2.33. The van der Waals surface area contributed by atoms with Crippen molar-refractivity contribution >= 4 is 44.3 Å². The molecule has 0 aromatic carbocycles. The molecule has 0 saturated heterocycles. The molecule has 0 bridgehead atoms. The van der Waals surface area contributed by atoms with Crippen LogP contribution in [-0.2, 0) is 4.74 Å². The second-order valence-electron chi connectivity index (χ2n) is 2.84. The van der Waals surface area contributed by atoms with Gasteiger partial charge in [0.25, 0.3) is 0 Å². The maximum atomic E-state index is 11.4. The molecule has 0 aliphatic carbocycles. The van der Waals surface area contributed by atoms with Gasteiger partial charge in [-0.15, -0.1) is 22.7 Å². The third-order valence-corrected chi connectivity index (χ3v) is 4.12. The Balaban J connectivity index is 2.36. The molecule has 0 fully saturated rings. The lowest BCUT2D eigenvalue weighted by Gasteiger charge is -1.95. The van der Waals surface area contributed by atoms with Crippen molar-refractivity contribution in [1.29, 1.82) is 0 Å². The van der Waals surface area contributed by atoms with E-state index in [1.54, 1.807) is 19.1 Å². The quantitative estimate of drug-likeness (QED) is 0.612. The number of carbonyl (C=O) groups is 2. The van der Waals surface area contributed by atoms with Crippen LogP contribution >= 0.6 is 22.7 Å². The number of hydrogen-bond acceptors (Lipinski definition) is 5. The molecule has 0 radical (unpaired) electrons. The van der Waals surface area contributed by atoms with Crippen LogP contribution in [0.1, 0.15) is 26.3 Å². The molecule has 0 aliphatic rings. The Bertz CT molecular complexity index is 478. The van der Waals surface area contributed by atoms with Gasteiger partial charge in [-0.25, -0.2) is 4.79 Å². The fraction of sp³-hybridized carbons (Fsp3) is 0.200.